The van der Waals surface area contributed by atoms with Crippen molar-refractivity contribution in [2.45, 2.75) is 18.9 Å². The van der Waals surface area contributed by atoms with Crippen LogP contribution in [0.15, 0.2) is 15.5 Å². The van der Waals surface area contributed by atoms with Gasteiger partial charge >= 0.3 is 0 Å². The minimum atomic E-state index is -0.113. The van der Waals surface area contributed by atoms with Gasteiger partial charge in [0.1, 0.15) is 4.47 Å². The van der Waals surface area contributed by atoms with Gasteiger partial charge in [0.15, 0.2) is 0 Å². The molecule has 0 aliphatic carbocycles. The lowest BCUT2D eigenvalue weighted by Crippen LogP contribution is -2.44. The maximum atomic E-state index is 11.8. The molecule has 0 bridgehead atoms. The van der Waals surface area contributed by atoms with Crippen LogP contribution in [0.1, 0.15) is 12.8 Å². The summed E-state index contributed by atoms with van der Waals surface area (Å²) < 4.78 is 1.90. The molecule has 1 aromatic heterocycles. The lowest BCUT2D eigenvalue weighted by Gasteiger charge is -2.34. The van der Waals surface area contributed by atoms with Gasteiger partial charge in [-0.15, -0.1) is 0 Å². The number of anilines is 1. The summed E-state index contributed by atoms with van der Waals surface area (Å²) in [5, 5.41) is 16.2. The van der Waals surface area contributed by atoms with Crippen molar-refractivity contribution in [3.05, 3.63) is 21.0 Å². The summed E-state index contributed by atoms with van der Waals surface area (Å²) in [7, 11) is 1.64. The Morgan fingerprint density at radius 2 is 2.21 bits per heavy atom. The maximum absolute atomic E-state index is 11.8. The Morgan fingerprint density at radius 1 is 1.53 bits per heavy atom. The van der Waals surface area contributed by atoms with E-state index in [0.29, 0.717) is 17.1 Å². The average Bonchev–Trinajstić information content (AvgIpc) is 2.44. The van der Waals surface area contributed by atoms with E-state index in [4.69, 9.17) is 5.11 Å². The number of aromatic nitrogens is 2. The summed E-state index contributed by atoms with van der Waals surface area (Å²) in [5.41, 5.74) is 0.752. The Morgan fingerprint density at radius 3 is 2.84 bits per heavy atom. The SMILES string of the molecule is Cn1ncc(N2CCC(NCCO)CC2)c(Br)c1=O. The van der Waals surface area contributed by atoms with Crippen LogP contribution in [0, 0.1) is 0 Å². The first-order valence-corrected chi connectivity index (χ1v) is 7.23. The maximum Gasteiger partial charge on any atom is 0.282 e. The first-order chi connectivity index (χ1) is 9.13. The van der Waals surface area contributed by atoms with Gasteiger partial charge in [-0.05, 0) is 28.8 Å². The number of aliphatic hydroxyl groups is 1. The van der Waals surface area contributed by atoms with Gasteiger partial charge in [-0.25, -0.2) is 4.68 Å². The minimum Gasteiger partial charge on any atom is -0.395 e. The molecule has 0 unspecified atom stereocenters. The zero-order chi connectivity index (χ0) is 13.8. The molecule has 1 aliphatic heterocycles. The standard InChI is InChI=1S/C12H19BrN4O2/c1-16-12(19)11(13)10(8-15-16)17-5-2-9(3-6-17)14-4-7-18/h8-9,14,18H,2-7H2,1H3. The second kappa shape index (κ2) is 6.49. The number of halogens is 1. The molecular formula is C12H19BrN4O2. The van der Waals surface area contributed by atoms with Gasteiger partial charge in [-0.1, -0.05) is 0 Å². The predicted octanol–water partition coefficient (Wildman–Crippen LogP) is 0.0935. The second-order valence-electron chi connectivity index (χ2n) is 4.71. The summed E-state index contributed by atoms with van der Waals surface area (Å²) >= 11 is 3.36. The van der Waals surface area contributed by atoms with Gasteiger partial charge < -0.3 is 15.3 Å². The Labute approximate surface area is 120 Å². The van der Waals surface area contributed by atoms with Crippen LogP contribution in [0.3, 0.4) is 0 Å². The highest BCUT2D eigenvalue weighted by molar-refractivity contribution is 9.10. The van der Waals surface area contributed by atoms with Crippen molar-refractivity contribution in [3.8, 4) is 0 Å². The Balaban J connectivity index is 2.02. The van der Waals surface area contributed by atoms with Crippen LogP contribution in [0.2, 0.25) is 0 Å². The monoisotopic (exact) mass is 330 g/mol. The molecule has 0 spiro atoms. The number of nitrogens with one attached hydrogen (secondary N) is 1. The van der Waals surface area contributed by atoms with Crippen molar-refractivity contribution in [2.24, 2.45) is 7.05 Å². The molecule has 7 heteroatoms. The summed E-state index contributed by atoms with van der Waals surface area (Å²) in [6.07, 6.45) is 3.73. The third-order valence-corrected chi connectivity index (χ3v) is 4.19. The number of rotatable bonds is 4. The number of piperidine rings is 1. The van der Waals surface area contributed by atoms with E-state index in [0.717, 1.165) is 31.6 Å². The zero-order valence-corrected chi connectivity index (χ0v) is 12.6. The number of hydrogen-bond acceptors (Lipinski definition) is 5. The van der Waals surface area contributed by atoms with Crippen LogP contribution in [0.5, 0.6) is 0 Å². The number of aryl methyl sites for hydroxylation is 1. The van der Waals surface area contributed by atoms with Crippen LogP contribution in [0.4, 0.5) is 5.69 Å². The number of hydrogen-bond donors (Lipinski definition) is 2. The van der Waals surface area contributed by atoms with Crippen molar-refractivity contribution in [2.75, 3.05) is 31.1 Å². The first-order valence-electron chi connectivity index (χ1n) is 6.44. The van der Waals surface area contributed by atoms with Crippen LogP contribution in [-0.2, 0) is 7.05 Å². The van der Waals surface area contributed by atoms with Crippen molar-refractivity contribution >= 4 is 21.6 Å². The molecule has 0 radical (unpaired) electrons. The number of nitrogens with zero attached hydrogens (tertiary/aromatic N) is 3. The Hall–Kier alpha value is -0.920. The van der Waals surface area contributed by atoms with Crippen molar-refractivity contribution < 1.29 is 5.11 Å². The third kappa shape index (κ3) is 3.34. The number of aliphatic hydroxyl groups excluding tert-OH is 1. The van der Waals surface area contributed by atoms with Crippen molar-refractivity contribution in [3.63, 3.8) is 0 Å². The van der Waals surface area contributed by atoms with E-state index in [2.05, 4.69) is 31.2 Å². The molecule has 19 heavy (non-hydrogen) atoms. The molecule has 6 nitrogen and oxygen atoms in total. The Kier molecular flexibility index (Phi) is 4.95. The Bertz CT molecular complexity index is 483. The second-order valence-corrected chi connectivity index (χ2v) is 5.50. The van der Waals surface area contributed by atoms with Gasteiger partial charge in [0.2, 0.25) is 0 Å². The summed E-state index contributed by atoms with van der Waals surface area (Å²) in [6, 6.07) is 0.446. The van der Waals surface area contributed by atoms with E-state index < -0.39 is 0 Å². The molecule has 2 rings (SSSR count). The molecule has 2 heterocycles. The molecule has 1 saturated heterocycles. The fraction of sp³-hybridized carbons (Fsp3) is 0.667. The van der Waals surface area contributed by atoms with Gasteiger partial charge in [0, 0.05) is 32.7 Å². The highest BCUT2D eigenvalue weighted by atomic mass is 79.9. The molecule has 1 aliphatic rings. The molecule has 0 amide bonds. The predicted molar refractivity (Wildman–Crippen MR) is 77.5 cm³/mol. The van der Waals surface area contributed by atoms with Crippen LogP contribution < -0.4 is 15.8 Å². The smallest absolute Gasteiger partial charge is 0.282 e. The van der Waals surface area contributed by atoms with Crippen molar-refractivity contribution in [1.29, 1.82) is 0 Å². The first kappa shape index (κ1) is 14.5. The van der Waals surface area contributed by atoms with E-state index in [9.17, 15) is 4.79 Å². The zero-order valence-electron chi connectivity index (χ0n) is 11.0. The fourth-order valence-corrected chi connectivity index (χ4v) is 2.93. The van der Waals surface area contributed by atoms with E-state index in [-0.39, 0.29) is 12.2 Å². The van der Waals surface area contributed by atoms with Crippen LogP contribution >= 0.6 is 15.9 Å². The van der Waals surface area contributed by atoms with E-state index in [1.165, 1.54) is 4.68 Å². The van der Waals surface area contributed by atoms with Crippen LogP contribution in [-0.4, -0.2) is 47.2 Å². The quantitative estimate of drug-likeness (QED) is 0.819. The molecule has 0 atom stereocenters. The average molecular weight is 331 g/mol. The highest BCUT2D eigenvalue weighted by Gasteiger charge is 2.21. The normalized spacial score (nSPS) is 16.9. The molecule has 106 valence electrons. The highest BCUT2D eigenvalue weighted by Crippen LogP contribution is 2.24. The minimum absolute atomic E-state index is 0.113. The fourth-order valence-electron chi connectivity index (χ4n) is 2.32. The van der Waals surface area contributed by atoms with Gasteiger partial charge in [0.25, 0.3) is 5.56 Å². The summed E-state index contributed by atoms with van der Waals surface area (Å²) in [5.74, 6) is 0. The molecule has 1 aromatic rings. The summed E-state index contributed by atoms with van der Waals surface area (Å²) in [4.78, 5) is 14.0. The third-order valence-electron chi connectivity index (χ3n) is 3.44. The topological polar surface area (TPSA) is 70.4 Å². The van der Waals surface area contributed by atoms with Gasteiger partial charge in [0.05, 0.1) is 18.5 Å². The van der Waals surface area contributed by atoms with Crippen LogP contribution in [0.25, 0.3) is 0 Å². The van der Waals surface area contributed by atoms with E-state index >= 15 is 0 Å². The van der Waals surface area contributed by atoms with Gasteiger partial charge in [-0.2, -0.15) is 5.10 Å². The molecule has 0 aromatic carbocycles. The summed E-state index contributed by atoms with van der Waals surface area (Å²) in [6.45, 7) is 2.58. The van der Waals surface area contributed by atoms with Crippen molar-refractivity contribution in [1.82, 2.24) is 15.1 Å². The lowest BCUT2D eigenvalue weighted by atomic mass is 10.0. The lowest BCUT2D eigenvalue weighted by molar-refractivity contribution is 0.277. The van der Waals surface area contributed by atoms with Gasteiger partial charge in [-0.3, -0.25) is 4.79 Å². The largest absolute Gasteiger partial charge is 0.395 e. The van der Waals surface area contributed by atoms with E-state index in [1.54, 1.807) is 13.2 Å². The molecular weight excluding hydrogens is 312 g/mol. The van der Waals surface area contributed by atoms with E-state index in [1.807, 2.05) is 0 Å². The molecule has 0 saturated carbocycles. The molecule has 2 N–H and O–H groups in total. The molecule has 1 fully saturated rings.